The van der Waals surface area contributed by atoms with Crippen molar-refractivity contribution in [2.45, 2.75) is 26.3 Å². The van der Waals surface area contributed by atoms with E-state index in [4.69, 9.17) is 0 Å². The van der Waals surface area contributed by atoms with Gasteiger partial charge in [-0.05, 0) is 58.7 Å². The molecule has 1 aliphatic rings. The van der Waals surface area contributed by atoms with Gasteiger partial charge in [0.25, 0.3) is 0 Å². The number of rotatable bonds is 3. The largest absolute Gasteiger partial charge is 0.296 e. The Morgan fingerprint density at radius 3 is 2.30 bits per heavy atom. The molecule has 1 aromatic rings. The first-order valence-electron chi connectivity index (χ1n) is 6.73. The summed E-state index contributed by atoms with van der Waals surface area (Å²) in [4.78, 5) is 17.1. The van der Waals surface area contributed by atoms with Crippen LogP contribution in [0, 0.1) is 0 Å². The fourth-order valence-electron chi connectivity index (χ4n) is 2.40. The molecule has 0 unspecified atom stereocenters. The van der Waals surface area contributed by atoms with Crippen LogP contribution in [0.1, 0.15) is 31.1 Å². The molecule has 0 aliphatic carbocycles. The van der Waals surface area contributed by atoms with Gasteiger partial charge in [-0.2, -0.15) is 0 Å². The molecule has 20 heavy (non-hydrogen) atoms. The molecule has 0 aromatic carbocycles. The number of hydrogen-bond donors (Lipinski definition) is 0. The topological polar surface area (TPSA) is 23.6 Å². The van der Waals surface area contributed by atoms with Gasteiger partial charge >= 0.3 is 0 Å². The predicted octanol–water partition coefficient (Wildman–Crippen LogP) is 3.87. The van der Waals surface area contributed by atoms with E-state index < -0.39 is 0 Å². The first-order valence-corrected chi connectivity index (χ1v) is 9.13. The van der Waals surface area contributed by atoms with Crippen LogP contribution >= 0.6 is 43.2 Å². The second kappa shape index (κ2) is 6.57. The number of piperazine rings is 1. The lowest BCUT2D eigenvalue weighted by molar-refractivity contribution is 0.0579. The van der Waals surface area contributed by atoms with E-state index in [2.05, 4.69) is 62.4 Å². The Labute approximate surface area is 141 Å². The minimum atomic E-state index is 0.197. The molecule has 2 heterocycles. The maximum absolute atomic E-state index is 12.3. The van der Waals surface area contributed by atoms with Crippen molar-refractivity contribution >= 4 is 49.0 Å². The summed E-state index contributed by atoms with van der Waals surface area (Å²) >= 11 is 8.43. The molecule has 1 saturated heterocycles. The number of halogens is 2. The summed E-state index contributed by atoms with van der Waals surface area (Å²) in [6.07, 6.45) is 0. The van der Waals surface area contributed by atoms with Crippen LogP contribution in [0.15, 0.2) is 13.6 Å². The Bertz CT molecular complexity index is 488. The van der Waals surface area contributed by atoms with Gasteiger partial charge in [0.1, 0.15) is 0 Å². The lowest BCUT2D eigenvalue weighted by Crippen LogP contribution is -2.54. The van der Waals surface area contributed by atoms with Gasteiger partial charge in [-0.1, -0.05) is 0 Å². The number of nitrogens with zero attached hydrogens (tertiary/aromatic N) is 2. The van der Waals surface area contributed by atoms with Gasteiger partial charge in [-0.3, -0.25) is 14.6 Å². The highest BCUT2D eigenvalue weighted by molar-refractivity contribution is 9.12. The van der Waals surface area contributed by atoms with Crippen LogP contribution in [0.2, 0.25) is 0 Å². The minimum absolute atomic E-state index is 0.197. The normalized spacial score (nSPS) is 18.4. The SMILES string of the molecule is CC(C)(C)N1CCN(CC(=O)c2cc(Br)sc2Br)CC1. The van der Waals surface area contributed by atoms with Crippen molar-refractivity contribution in [3.05, 3.63) is 19.2 Å². The third-order valence-corrected chi connectivity index (χ3v) is 5.98. The summed E-state index contributed by atoms with van der Waals surface area (Å²) in [5.74, 6) is 0.197. The van der Waals surface area contributed by atoms with Crippen LogP contribution in [0.3, 0.4) is 0 Å². The summed E-state index contributed by atoms with van der Waals surface area (Å²) < 4.78 is 1.91. The van der Waals surface area contributed by atoms with Gasteiger partial charge in [-0.25, -0.2) is 0 Å². The van der Waals surface area contributed by atoms with Crippen molar-refractivity contribution in [2.24, 2.45) is 0 Å². The van der Waals surface area contributed by atoms with Gasteiger partial charge in [0.15, 0.2) is 5.78 Å². The highest BCUT2D eigenvalue weighted by Gasteiger charge is 2.27. The predicted molar refractivity (Wildman–Crippen MR) is 91.8 cm³/mol. The zero-order chi connectivity index (χ0) is 14.9. The maximum atomic E-state index is 12.3. The monoisotopic (exact) mass is 422 g/mol. The summed E-state index contributed by atoms with van der Waals surface area (Å²) in [5, 5.41) is 0. The van der Waals surface area contributed by atoms with Crippen LogP contribution in [0.5, 0.6) is 0 Å². The van der Waals surface area contributed by atoms with Gasteiger partial charge in [-0.15, -0.1) is 11.3 Å². The lowest BCUT2D eigenvalue weighted by Gasteiger charge is -2.42. The maximum Gasteiger partial charge on any atom is 0.178 e. The van der Waals surface area contributed by atoms with E-state index in [1.165, 1.54) is 0 Å². The molecule has 6 heteroatoms. The van der Waals surface area contributed by atoms with Crippen molar-refractivity contribution in [3.63, 3.8) is 0 Å². The molecule has 0 bridgehead atoms. The number of thiophene rings is 1. The molecule has 0 N–H and O–H groups in total. The van der Waals surface area contributed by atoms with Gasteiger partial charge in [0, 0.05) is 37.3 Å². The average molecular weight is 424 g/mol. The zero-order valence-corrected chi connectivity index (χ0v) is 16.1. The minimum Gasteiger partial charge on any atom is -0.296 e. The number of carbonyl (C=O) groups is 1. The van der Waals surface area contributed by atoms with Crippen molar-refractivity contribution in [2.75, 3.05) is 32.7 Å². The summed E-state index contributed by atoms with van der Waals surface area (Å²) in [6.45, 7) is 11.2. The number of hydrogen-bond acceptors (Lipinski definition) is 4. The Hall–Kier alpha value is 0.250. The van der Waals surface area contributed by atoms with Crippen molar-refractivity contribution in [3.8, 4) is 0 Å². The summed E-state index contributed by atoms with van der Waals surface area (Å²) in [5.41, 5.74) is 1.01. The number of carbonyl (C=O) groups excluding carboxylic acids is 1. The van der Waals surface area contributed by atoms with Crippen molar-refractivity contribution in [1.82, 2.24) is 9.80 Å². The van der Waals surface area contributed by atoms with E-state index in [0.29, 0.717) is 6.54 Å². The second-order valence-electron chi connectivity index (χ2n) is 6.10. The van der Waals surface area contributed by atoms with E-state index in [0.717, 1.165) is 39.3 Å². The van der Waals surface area contributed by atoms with Crippen LogP contribution in [0.4, 0.5) is 0 Å². The molecular formula is C14H20Br2N2OS. The third-order valence-electron chi connectivity index (χ3n) is 3.65. The van der Waals surface area contributed by atoms with Crippen LogP contribution in [-0.4, -0.2) is 53.8 Å². The van der Waals surface area contributed by atoms with Gasteiger partial charge in [0.05, 0.1) is 14.1 Å². The molecule has 1 fully saturated rings. The molecule has 2 rings (SSSR count). The van der Waals surface area contributed by atoms with Gasteiger partial charge < -0.3 is 0 Å². The molecule has 3 nitrogen and oxygen atoms in total. The first-order chi connectivity index (χ1) is 9.27. The molecule has 0 atom stereocenters. The Morgan fingerprint density at radius 2 is 1.85 bits per heavy atom. The summed E-state index contributed by atoms with van der Waals surface area (Å²) in [6, 6.07) is 1.91. The van der Waals surface area contributed by atoms with Crippen LogP contribution < -0.4 is 0 Å². The van der Waals surface area contributed by atoms with Gasteiger partial charge in [0.2, 0.25) is 0 Å². The molecule has 0 amide bonds. The molecule has 1 aromatic heterocycles. The number of Topliss-reactive ketones (excluding diaryl/α,β-unsaturated/α-hetero) is 1. The Kier molecular flexibility index (Phi) is 5.46. The van der Waals surface area contributed by atoms with E-state index in [1.54, 1.807) is 11.3 Å². The third kappa shape index (κ3) is 4.13. The van der Waals surface area contributed by atoms with E-state index in [9.17, 15) is 4.79 Å². The van der Waals surface area contributed by atoms with Crippen LogP contribution in [0.25, 0.3) is 0 Å². The average Bonchev–Trinajstić information content (AvgIpc) is 2.68. The molecule has 0 spiro atoms. The van der Waals surface area contributed by atoms with Crippen molar-refractivity contribution in [1.29, 1.82) is 0 Å². The van der Waals surface area contributed by atoms with Crippen LogP contribution in [-0.2, 0) is 0 Å². The quantitative estimate of drug-likeness (QED) is 0.689. The highest BCUT2D eigenvalue weighted by atomic mass is 79.9. The van der Waals surface area contributed by atoms with E-state index >= 15 is 0 Å². The fourth-order valence-corrected chi connectivity index (χ4v) is 5.25. The lowest BCUT2D eigenvalue weighted by atomic mass is 10.0. The highest BCUT2D eigenvalue weighted by Crippen LogP contribution is 2.32. The molecular weight excluding hydrogens is 404 g/mol. The van der Waals surface area contributed by atoms with E-state index in [1.807, 2.05) is 6.07 Å². The second-order valence-corrected chi connectivity index (χ2v) is 9.84. The molecule has 0 saturated carbocycles. The van der Waals surface area contributed by atoms with Crippen molar-refractivity contribution < 1.29 is 4.79 Å². The smallest absolute Gasteiger partial charge is 0.178 e. The standard InChI is InChI=1S/C14H20Br2N2OS/c1-14(2,3)18-6-4-17(5-7-18)9-11(19)10-8-12(15)20-13(10)16/h8H,4-7,9H2,1-3H3. The Morgan fingerprint density at radius 1 is 1.25 bits per heavy atom. The molecule has 0 radical (unpaired) electrons. The number of ketones is 1. The van der Waals surface area contributed by atoms with E-state index in [-0.39, 0.29) is 11.3 Å². The fraction of sp³-hybridized carbons (Fsp3) is 0.643. The molecule has 1 aliphatic heterocycles. The zero-order valence-electron chi connectivity index (χ0n) is 12.1. The Balaban J connectivity index is 1.90. The summed E-state index contributed by atoms with van der Waals surface area (Å²) in [7, 11) is 0. The first kappa shape index (κ1) is 16.6. The molecule has 112 valence electrons.